The monoisotopic (exact) mass is 327 g/mol. The molecular formula is C21H17N3O. The minimum atomic E-state index is 0.676. The van der Waals surface area contributed by atoms with Gasteiger partial charge >= 0.3 is 0 Å². The average Bonchev–Trinajstić information content (AvgIpc) is 2.67. The van der Waals surface area contributed by atoms with Crippen LogP contribution in [0.25, 0.3) is 33.5 Å². The normalized spacial score (nSPS) is 10.8. The van der Waals surface area contributed by atoms with Gasteiger partial charge in [-0.25, -0.2) is 9.97 Å². The predicted molar refractivity (Wildman–Crippen MR) is 101 cm³/mol. The van der Waals surface area contributed by atoms with E-state index in [4.69, 9.17) is 20.4 Å². The van der Waals surface area contributed by atoms with Crippen molar-refractivity contribution in [2.45, 2.75) is 0 Å². The third-order valence-electron chi connectivity index (χ3n) is 4.10. The summed E-state index contributed by atoms with van der Waals surface area (Å²) in [6.07, 6.45) is 0. The zero-order valence-electron chi connectivity index (χ0n) is 13.8. The van der Waals surface area contributed by atoms with Crippen molar-refractivity contribution in [3.05, 3.63) is 72.8 Å². The summed E-state index contributed by atoms with van der Waals surface area (Å²) in [4.78, 5) is 9.71. The summed E-state index contributed by atoms with van der Waals surface area (Å²) in [6.45, 7) is 0. The number of nitrogens with two attached hydrogens (primary N) is 1. The molecule has 0 aliphatic rings. The third-order valence-corrected chi connectivity index (χ3v) is 4.10. The Bertz CT molecular complexity index is 1030. The Balaban J connectivity index is 1.98. The van der Waals surface area contributed by atoms with E-state index < -0.39 is 0 Å². The number of ether oxygens (including phenoxy) is 1. The van der Waals surface area contributed by atoms with Gasteiger partial charge in [-0.05, 0) is 42.5 Å². The lowest BCUT2D eigenvalue weighted by Crippen LogP contribution is -1.96. The molecule has 0 spiro atoms. The van der Waals surface area contributed by atoms with Crippen molar-refractivity contribution in [3.8, 4) is 28.3 Å². The van der Waals surface area contributed by atoms with E-state index >= 15 is 0 Å². The van der Waals surface area contributed by atoms with Crippen molar-refractivity contribution in [1.82, 2.24) is 9.97 Å². The molecule has 0 fully saturated rings. The molecule has 25 heavy (non-hydrogen) atoms. The zero-order valence-corrected chi connectivity index (χ0v) is 13.8. The summed E-state index contributed by atoms with van der Waals surface area (Å²) < 4.78 is 5.25. The highest BCUT2D eigenvalue weighted by Crippen LogP contribution is 2.32. The van der Waals surface area contributed by atoms with Crippen molar-refractivity contribution in [1.29, 1.82) is 0 Å². The number of benzene rings is 3. The molecule has 3 aromatic carbocycles. The standard InChI is InChI=1S/C21H17N3O/c1-25-17-10-7-15(8-11-17)21-20(14-5-3-2-4-6-14)23-18-12-9-16(22)13-19(18)24-21/h2-13H,22H2,1H3. The number of nitrogen functional groups attached to an aromatic ring is 1. The van der Waals surface area contributed by atoms with Crippen LogP contribution in [0, 0.1) is 0 Å². The van der Waals surface area contributed by atoms with Crippen LogP contribution < -0.4 is 10.5 Å². The molecule has 4 rings (SSSR count). The van der Waals surface area contributed by atoms with Crippen LogP contribution in [0.4, 0.5) is 5.69 Å². The Morgan fingerprint density at radius 1 is 0.720 bits per heavy atom. The van der Waals surface area contributed by atoms with Crippen molar-refractivity contribution in [2.24, 2.45) is 0 Å². The highest BCUT2D eigenvalue weighted by atomic mass is 16.5. The molecule has 0 bridgehead atoms. The third kappa shape index (κ3) is 2.90. The Morgan fingerprint density at radius 3 is 2.04 bits per heavy atom. The molecule has 4 nitrogen and oxygen atoms in total. The summed E-state index contributed by atoms with van der Waals surface area (Å²) in [5.74, 6) is 0.808. The molecule has 1 heterocycles. The molecule has 2 N–H and O–H groups in total. The van der Waals surface area contributed by atoms with Crippen LogP contribution >= 0.6 is 0 Å². The number of hydrogen-bond donors (Lipinski definition) is 1. The van der Waals surface area contributed by atoms with Crippen LogP contribution in [0.5, 0.6) is 5.75 Å². The first-order chi connectivity index (χ1) is 12.2. The molecule has 0 atom stereocenters. The van der Waals surface area contributed by atoms with Crippen molar-refractivity contribution in [2.75, 3.05) is 12.8 Å². The Kier molecular flexibility index (Phi) is 3.78. The SMILES string of the molecule is COc1ccc(-c2nc3cc(N)ccc3nc2-c2ccccc2)cc1. The molecule has 1 aromatic heterocycles. The van der Waals surface area contributed by atoms with Gasteiger partial charge in [-0.2, -0.15) is 0 Å². The lowest BCUT2D eigenvalue weighted by atomic mass is 10.0. The van der Waals surface area contributed by atoms with Crippen molar-refractivity contribution >= 4 is 16.7 Å². The zero-order chi connectivity index (χ0) is 17.2. The van der Waals surface area contributed by atoms with Gasteiger partial charge < -0.3 is 10.5 Å². The highest BCUT2D eigenvalue weighted by Gasteiger charge is 2.13. The smallest absolute Gasteiger partial charge is 0.118 e. The first-order valence-electron chi connectivity index (χ1n) is 8.02. The number of fused-ring (bicyclic) bond motifs is 1. The predicted octanol–water partition coefficient (Wildman–Crippen LogP) is 4.55. The maximum Gasteiger partial charge on any atom is 0.118 e. The maximum atomic E-state index is 5.92. The van der Waals surface area contributed by atoms with Crippen LogP contribution in [-0.2, 0) is 0 Å². The molecule has 0 amide bonds. The molecule has 4 heteroatoms. The van der Waals surface area contributed by atoms with Crippen LogP contribution in [0.2, 0.25) is 0 Å². The molecular weight excluding hydrogens is 310 g/mol. The number of anilines is 1. The second-order valence-corrected chi connectivity index (χ2v) is 5.76. The fourth-order valence-corrected chi connectivity index (χ4v) is 2.82. The second kappa shape index (κ2) is 6.24. The topological polar surface area (TPSA) is 61.0 Å². The Morgan fingerprint density at radius 2 is 1.36 bits per heavy atom. The number of rotatable bonds is 3. The second-order valence-electron chi connectivity index (χ2n) is 5.76. The molecule has 0 aliphatic carbocycles. The molecule has 0 saturated heterocycles. The van der Waals surface area contributed by atoms with Crippen LogP contribution in [0.1, 0.15) is 0 Å². The van der Waals surface area contributed by atoms with Gasteiger partial charge in [0.1, 0.15) is 5.75 Å². The average molecular weight is 327 g/mol. The van der Waals surface area contributed by atoms with Crippen LogP contribution in [0.15, 0.2) is 72.8 Å². The van der Waals surface area contributed by atoms with E-state index in [-0.39, 0.29) is 0 Å². The highest BCUT2D eigenvalue weighted by molar-refractivity contribution is 5.87. The maximum absolute atomic E-state index is 5.92. The van der Waals surface area contributed by atoms with E-state index in [1.165, 1.54) is 0 Å². The first-order valence-corrected chi connectivity index (χ1v) is 8.02. The van der Waals surface area contributed by atoms with Gasteiger partial charge in [0.2, 0.25) is 0 Å². The van der Waals surface area contributed by atoms with Gasteiger partial charge in [-0.1, -0.05) is 30.3 Å². The molecule has 122 valence electrons. The minimum absolute atomic E-state index is 0.676. The first kappa shape index (κ1) is 15.1. The van der Waals surface area contributed by atoms with E-state index in [2.05, 4.69) is 0 Å². The van der Waals surface area contributed by atoms with Gasteiger partial charge in [-0.15, -0.1) is 0 Å². The van der Waals surface area contributed by atoms with Crippen molar-refractivity contribution < 1.29 is 4.74 Å². The van der Waals surface area contributed by atoms with E-state index in [1.807, 2.05) is 72.8 Å². The van der Waals surface area contributed by atoms with Gasteiger partial charge in [0, 0.05) is 16.8 Å². The van der Waals surface area contributed by atoms with E-state index in [9.17, 15) is 0 Å². The van der Waals surface area contributed by atoms with Gasteiger partial charge in [0.15, 0.2) is 0 Å². The fraction of sp³-hybridized carbons (Fsp3) is 0.0476. The lowest BCUT2D eigenvalue weighted by molar-refractivity contribution is 0.415. The van der Waals surface area contributed by atoms with E-state index in [0.717, 1.165) is 39.3 Å². The molecule has 0 radical (unpaired) electrons. The number of hydrogen-bond acceptors (Lipinski definition) is 4. The summed E-state index contributed by atoms with van der Waals surface area (Å²) in [5, 5.41) is 0. The van der Waals surface area contributed by atoms with Crippen LogP contribution in [-0.4, -0.2) is 17.1 Å². The Labute approximate surface area is 145 Å². The number of nitrogens with zero attached hydrogens (tertiary/aromatic N) is 2. The molecule has 0 saturated carbocycles. The number of aromatic nitrogens is 2. The summed E-state index contributed by atoms with van der Waals surface area (Å²) in [5.41, 5.74) is 11.9. The van der Waals surface area contributed by atoms with E-state index in [1.54, 1.807) is 7.11 Å². The minimum Gasteiger partial charge on any atom is -0.497 e. The molecule has 0 unspecified atom stereocenters. The van der Waals surface area contributed by atoms with Gasteiger partial charge in [0.25, 0.3) is 0 Å². The van der Waals surface area contributed by atoms with Crippen LogP contribution in [0.3, 0.4) is 0 Å². The van der Waals surface area contributed by atoms with Gasteiger partial charge in [-0.3, -0.25) is 0 Å². The quantitative estimate of drug-likeness (QED) is 0.561. The summed E-state index contributed by atoms with van der Waals surface area (Å²) in [6, 6.07) is 23.5. The molecule has 4 aromatic rings. The fourth-order valence-electron chi connectivity index (χ4n) is 2.82. The van der Waals surface area contributed by atoms with Crippen molar-refractivity contribution in [3.63, 3.8) is 0 Å². The van der Waals surface area contributed by atoms with E-state index in [0.29, 0.717) is 5.69 Å². The molecule has 0 aliphatic heterocycles. The Hall–Kier alpha value is -3.40. The summed E-state index contributed by atoms with van der Waals surface area (Å²) >= 11 is 0. The largest absolute Gasteiger partial charge is 0.497 e. The number of methoxy groups -OCH3 is 1. The summed E-state index contributed by atoms with van der Waals surface area (Å²) in [7, 11) is 1.66. The van der Waals surface area contributed by atoms with Gasteiger partial charge in [0.05, 0.1) is 29.5 Å². The lowest BCUT2D eigenvalue weighted by Gasteiger charge is -2.11.